The molecule has 1 N–H and O–H groups in total. The van der Waals surface area contributed by atoms with Crippen molar-refractivity contribution in [2.45, 2.75) is 13.8 Å². The number of halogens is 3. The highest BCUT2D eigenvalue weighted by atomic mass is 35.5. The average Bonchev–Trinajstić information content (AvgIpc) is 2.42. The van der Waals surface area contributed by atoms with E-state index >= 15 is 0 Å². The third-order valence-electron chi connectivity index (χ3n) is 2.95. The molecule has 0 aromatic heterocycles. The number of rotatable bonds is 4. The monoisotopic (exact) mass is 357 g/mol. The largest absolute Gasteiger partial charge is 0.482 e. The minimum absolute atomic E-state index is 0.176. The highest BCUT2D eigenvalue weighted by Gasteiger charge is 2.11. The van der Waals surface area contributed by atoms with Crippen molar-refractivity contribution in [2.75, 3.05) is 11.9 Å². The highest BCUT2D eigenvalue weighted by Crippen LogP contribution is 2.29. The molecule has 0 spiro atoms. The average molecular weight is 359 g/mol. The number of nitrogens with one attached hydrogen (secondary N) is 1. The van der Waals surface area contributed by atoms with Gasteiger partial charge in [0.15, 0.2) is 6.61 Å². The van der Waals surface area contributed by atoms with Crippen LogP contribution in [0.15, 0.2) is 30.3 Å². The Balaban J connectivity index is 2.02. The normalized spacial score (nSPS) is 10.4. The van der Waals surface area contributed by atoms with E-state index in [1.54, 1.807) is 24.3 Å². The first kappa shape index (κ1) is 16.9. The molecule has 0 radical (unpaired) electrons. The summed E-state index contributed by atoms with van der Waals surface area (Å²) >= 11 is 17.9. The van der Waals surface area contributed by atoms with Crippen LogP contribution in [0.2, 0.25) is 15.1 Å². The lowest BCUT2D eigenvalue weighted by atomic mass is 10.1. The lowest BCUT2D eigenvalue weighted by molar-refractivity contribution is -0.118. The fourth-order valence-corrected chi connectivity index (χ4v) is 2.82. The molecule has 2 rings (SSSR count). The van der Waals surface area contributed by atoms with E-state index in [0.29, 0.717) is 26.5 Å². The Labute approximate surface area is 144 Å². The predicted molar refractivity (Wildman–Crippen MR) is 91.5 cm³/mol. The van der Waals surface area contributed by atoms with E-state index in [-0.39, 0.29) is 12.5 Å². The predicted octanol–water partition coefficient (Wildman–Crippen LogP) is 5.28. The smallest absolute Gasteiger partial charge is 0.262 e. The second kappa shape index (κ2) is 7.23. The van der Waals surface area contributed by atoms with Gasteiger partial charge in [0, 0.05) is 5.02 Å². The molecule has 2 aromatic rings. The molecule has 0 bridgehead atoms. The zero-order valence-electron chi connectivity index (χ0n) is 12.0. The molecule has 2 aromatic carbocycles. The lowest BCUT2D eigenvalue weighted by Crippen LogP contribution is -2.21. The molecular weight excluding hydrogens is 345 g/mol. The minimum atomic E-state index is -0.320. The van der Waals surface area contributed by atoms with Gasteiger partial charge >= 0.3 is 0 Å². The number of carbonyl (C=O) groups is 1. The Morgan fingerprint density at radius 1 is 1.09 bits per heavy atom. The maximum atomic E-state index is 12.0. The SMILES string of the molecule is Cc1cc(C)c(NC(=O)COc2ccc(Cl)cc2Cl)c(Cl)c1. The van der Waals surface area contributed by atoms with Crippen molar-refractivity contribution in [1.82, 2.24) is 0 Å². The summed E-state index contributed by atoms with van der Waals surface area (Å²) in [5.41, 5.74) is 2.51. The van der Waals surface area contributed by atoms with Gasteiger partial charge in [-0.1, -0.05) is 40.9 Å². The van der Waals surface area contributed by atoms with Crippen molar-refractivity contribution in [2.24, 2.45) is 0 Å². The van der Waals surface area contributed by atoms with Gasteiger partial charge < -0.3 is 10.1 Å². The molecule has 6 heteroatoms. The Hall–Kier alpha value is -1.42. The highest BCUT2D eigenvalue weighted by molar-refractivity contribution is 6.35. The summed E-state index contributed by atoms with van der Waals surface area (Å²) in [4.78, 5) is 12.0. The molecule has 0 aliphatic carbocycles. The van der Waals surface area contributed by atoms with Gasteiger partial charge in [-0.25, -0.2) is 0 Å². The molecule has 0 aliphatic heterocycles. The standard InChI is InChI=1S/C16H14Cl3NO2/c1-9-5-10(2)16(13(19)6-9)20-15(21)8-22-14-4-3-11(17)7-12(14)18/h3-7H,8H2,1-2H3,(H,20,21). The molecule has 0 saturated carbocycles. The summed E-state index contributed by atoms with van der Waals surface area (Å²) in [5.74, 6) is 0.0767. The molecule has 0 atom stereocenters. The van der Waals surface area contributed by atoms with Crippen molar-refractivity contribution >= 4 is 46.4 Å². The van der Waals surface area contributed by atoms with Crippen LogP contribution < -0.4 is 10.1 Å². The van der Waals surface area contributed by atoms with Gasteiger partial charge in [0.2, 0.25) is 0 Å². The van der Waals surface area contributed by atoms with Crippen LogP contribution in [-0.4, -0.2) is 12.5 Å². The van der Waals surface area contributed by atoms with Crippen molar-refractivity contribution < 1.29 is 9.53 Å². The van der Waals surface area contributed by atoms with Gasteiger partial charge in [0.25, 0.3) is 5.91 Å². The van der Waals surface area contributed by atoms with Crippen LogP contribution in [0.4, 0.5) is 5.69 Å². The first-order chi connectivity index (χ1) is 10.4. The van der Waals surface area contributed by atoms with Crippen LogP contribution in [0.25, 0.3) is 0 Å². The second-order valence-electron chi connectivity index (χ2n) is 4.85. The van der Waals surface area contributed by atoms with E-state index < -0.39 is 0 Å². The van der Waals surface area contributed by atoms with Crippen LogP contribution >= 0.6 is 34.8 Å². The van der Waals surface area contributed by atoms with Crippen molar-refractivity contribution in [3.05, 3.63) is 56.5 Å². The number of carbonyl (C=O) groups excluding carboxylic acids is 1. The van der Waals surface area contributed by atoms with Gasteiger partial charge in [-0.3, -0.25) is 4.79 Å². The molecule has 0 aliphatic rings. The van der Waals surface area contributed by atoms with Crippen LogP contribution in [0.1, 0.15) is 11.1 Å². The van der Waals surface area contributed by atoms with Crippen LogP contribution in [0.5, 0.6) is 5.75 Å². The second-order valence-corrected chi connectivity index (χ2v) is 6.10. The maximum Gasteiger partial charge on any atom is 0.262 e. The topological polar surface area (TPSA) is 38.3 Å². The third kappa shape index (κ3) is 4.29. The number of amides is 1. The number of anilines is 1. The first-order valence-corrected chi connectivity index (χ1v) is 7.64. The Morgan fingerprint density at radius 2 is 1.82 bits per heavy atom. The molecule has 1 amide bonds. The van der Waals surface area contributed by atoms with Crippen LogP contribution in [0.3, 0.4) is 0 Å². The summed E-state index contributed by atoms with van der Waals surface area (Å²) in [6.07, 6.45) is 0. The minimum Gasteiger partial charge on any atom is -0.482 e. The zero-order chi connectivity index (χ0) is 16.3. The summed E-state index contributed by atoms with van der Waals surface area (Å²) in [6, 6.07) is 8.54. The van der Waals surface area contributed by atoms with Gasteiger partial charge in [-0.05, 0) is 49.2 Å². The molecule has 116 valence electrons. The van der Waals surface area contributed by atoms with Gasteiger partial charge in [0.1, 0.15) is 5.75 Å². The van der Waals surface area contributed by atoms with E-state index in [4.69, 9.17) is 39.5 Å². The number of aryl methyl sites for hydroxylation is 2. The van der Waals surface area contributed by atoms with Crippen molar-refractivity contribution in [3.8, 4) is 5.75 Å². The quantitative estimate of drug-likeness (QED) is 0.807. The number of hydrogen-bond acceptors (Lipinski definition) is 2. The fourth-order valence-electron chi connectivity index (χ4n) is 1.99. The Morgan fingerprint density at radius 3 is 2.45 bits per heavy atom. The summed E-state index contributed by atoms with van der Waals surface area (Å²) in [7, 11) is 0. The first-order valence-electron chi connectivity index (χ1n) is 6.51. The molecule has 0 saturated heterocycles. The fraction of sp³-hybridized carbons (Fsp3) is 0.188. The van der Waals surface area contributed by atoms with Crippen LogP contribution in [0, 0.1) is 13.8 Å². The summed E-state index contributed by atoms with van der Waals surface area (Å²) < 4.78 is 5.38. The Bertz CT molecular complexity index is 694. The van der Waals surface area contributed by atoms with Gasteiger partial charge in [-0.15, -0.1) is 0 Å². The summed E-state index contributed by atoms with van der Waals surface area (Å²) in [6.45, 7) is 3.65. The van der Waals surface area contributed by atoms with E-state index in [1.165, 1.54) is 0 Å². The van der Waals surface area contributed by atoms with Gasteiger partial charge in [0.05, 0.1) is 15.7 Å². The summed E-state index contributed by atoms with van der Waals surface area (Å²) in [5, 5.41) is 4.09. The number of hydrogen-bond donors (Lipinski definition) is 1. The molecule has 0 fully saturated rings. The van der Waals surface area contributed by atoms with E-state index in [9.17, 15) is 4.79 Å². The molecule has 3 nitrogen and oxygen atoms in total. The van der Waals surface area contributed by atoms with Crippen molar-refractivity contribution in [3.63, 3.8) is 0 Å². The zero-order valence-corrected chi connectivity index (χ0v) is 14.3. The lowest BCUT2D eigenvalue weighted by Gasteiger charge is -2.12. The number of benzene rings is 2. The Kier molecular flexibility index (Phi) is 5.57. The molecule has 0 heterocycles. The third-order valence-corrected chi connectivity index (χ3v) is 3.78. The van der Waals surface area contributed by atoms with Crippen molar-refractivity contribution in [1.29, 1.82) is 0 Å². The molecule has 0 unspecified atom stereocenters. The molecule has 22 heavy (non-hydrogen) atoms. The van der Waals surface area contributed by atoms with E-state index in [0.717, 1.165) is 11.1 Å². The van der Waals surface area contributed by atoms with E-state index in [2.05, 4.69) is 5.32 Å². The number of ether oxygens (including phenoxy) is 1. The molecular formula is C16H14Cl3NO2. The maximum absolute atomic E-state index is 12.0. The van der Waals surface area contributed by atoms with Crippen LogP contribution in [-0.2, 0) is 4.79 Å². The van der Waals surface area contributed by atoms with E-state index in [1.807, 2.05) is 19.9 Å². The van der Waals surface area contributed by atoms with Gasteiger partial charge in [-0.2, -0.15) is 0 Å².